The van der Waals surface area contributed by atoms with Crippen LogP contribution in [0.25, 0.3) is 11.3 Å². The predicted molar refractivity (Wildman–Crippen MR) is 136 cm³/mol. The third kappa shape index (κ3) is 5.34. The molecular weight excluding hydrogens is 438 g/mol. The molecule has 2 fully saturated rings. The fourth-order valence-corrected chi connectivity index (χ4v) is 4.57. The Hall–Kier alpha value is -3.74. The highest BCUT2D eigenvalue weighted by Gasteiger charge is 2.37. The first-order valence-corrected chi connectivity index (χ1v) is 12.4. The average Bonchev–Trinajstić information content (AvgIpc) is 3.78. The quantitative estimate of drug-likeness (QED) is 0.527. The molecule has 0 spiro atoms. The second-order valence-corrected chi connectivity index (χ2v) is 9.34. The van der Waals surface area contributed by atoms with Gasteiger partial charge in [0.1, 0.15) is 6.54 Å². The van der Waals surface area contributed by atoms with Crippen molar-refractivity contribution < 1.29 is 9.59 Å². The normalized spacial score (nSPS) is 16.6. The van der Waals surface area contributed by atoms with Crippen LogP contribution in [0.3, 0.4) is 0 Å². The van der Waals surface area contributed by atoms with E-state index in [4.69, 9.17) is 0 Å². The van der Waals surface area contributed by atoms with Crippen molar-refractivity contribution in [1.82, 2.24) is 20.0 Å². The number of rotatable bonds is 7. The van der Waals surface area contributed by atoms with Gasteiger partial charge < -0.3 is 14.7 Å². The lowest BCUT2D eigenvalue weighted by Crippen LogP contribution is -2.52. The van der Waals surface area contributed by atoms with Crippen LogP contribution in [0.1, 0.15) is 31.4 Å². The largest absolute Gasteiger partial charge is 0.352 e. The summed E-state index contributed by atoms with van der Waals surface area (Å²) in [6, 6.07) is 23.8. The zero-order valence-corrected chi connectivity index (χ0v) is 20.1. The summed E-state index contributed by atoms with van der Waals surface area (Å²) in [6.45, 7) is 4.72. The molecule has 5 rings (SSSR count). The fraction of sp³-hybridized carbons (Fsp3) is 0.357. The van der Waals surface area contributed by atoms with Crippen LogP contribution in [0.2, 0.25) is 0 Å². The fourth-order valence-electron chi connectivity index (χ4n) is 4.57. The summed E-state index contributed by atoms with van der Waals surface area (Å²) in [6.07, 6.45) is 1.85. The lowest BCUT2D eigenvalue weighted by Gasteiger charge is -2.37. The lowest BCUT2D eigenvalue weighted by atomic mass is 10.1. The third-order valence-electron chi connectivity index (χ3n) is 6.94. The van der Waals surface area contributed by atoms with Gasteiger partial charge in [0, 0.05) is 37.7 Å². The number of hydrogen-bond acceptors (Lipinski definition) is 5. The van der Waals surface area contributed by atoms with Gasteiger partial charge in [-0.3, -0.25) is 9.59 Å². The number of nitrogens with zero attached hydrogens (tertiary/aromatic N) is 5. The minimum atomic E-state index is -0.132. The first-order valence-electron chi connectivity index (χ1n) is 12.4. The summed E-state index contributed by atoms with van der Waals surface area (Å²) < 4.78 is 0. The molecule has 180 valence electrons. The van der Waals surface area contributed by atoms with Crippen molar-refractivity contribution in [2.24, 2.45) is 5.92 Å². The van der Waals surface area contributed by atoms with Gasteiger partial charge in [0.05, 0.1) is 11.7 Å². The Morgan fingerprint density at radius 2 is 1.54 bits per heavy atom. The van der Waals surface area contributed by atoms with Crippen molar-refractivity contribution in [3.8, 4) is 11.3 Å². The molecule has 0 bridgehead atoms. The van der Waals surface area contributed by atoms with Gasteiger partial charge in [-0.15, -0.1) is 10.2 Å². The van der Waals surface area contributed by atoms with E-state index in [9.17, 15) is 9.59 Å². The topological polar surface area (TPSA) is 69.6 Å². The number of anilines is 1. The van der Waals surface area contributed by atoms with Crippen LogP contribution in [0, 0.1) is 5.92 Å². The molecule has 7 nitrogen and oxygen atoms in total. The number of benzene rings is 2. The molecule has 0 radical (unpaired) electrons. The lowest BCUT2D eigenvalue weighted by molar-refractivity contribution is -0.143. The maximum atomic E-state index is 13.2. The van der Waals surface area contributed by atoms with Gasteiger partial charge in [-0.2, -0.15) is 0 Å². The summed E-state index contributed by atoms with van der Waals surface area (Å²) in [5, 5.41) is 8.81. The molecule has 7 heteroatoms. The van der Waals surface area contributed by atoms with Crippen LogP contribution in [-0.2, 0) is 9.59 Å². The van der Waals surface area contributed by atoms with E-state index in [1.165, 1.54) is 0 Å². The first kappa shape index (κ1) is 23.0. The van der Waals surface area contributed by atoms with Gasteiger partial charge in [0.2, 0.25) is 11.8 Å². The Morgan fingerprint density at radius 3 is 2.14 bits per heavy atom. The van der Waals surface area contributed by atoms with Crippen molar-refractivity contribution in [2.75, 3.05) is 37.6 Å². The van der Waals surface area contributed by atoms with Gasteiger partial charge in [0.25, 0.3) is 0 Å². The second kappa shape index (κ2) is 10.3. The molecule has 0 N–H and O–H groups in total. The maximum Gasteiger partial charge on any atom is 0.242 e. The minimum absolute atomic E-state index is 0.00643. The predicted octanol–water partition coefficient (Wildman–Crippen LogP) is 3.79. The Balaban J connectivity index is 1.20. The monoisotopic (exact) mass is 469 g/mol. The highest BCUT2D eigenvalue weighted by atomic mass is 16.2. The van der Waals surface area contributed by atoms with Crippen molar-refractivity contribution in [3.05, 3.63) is 78.4 Å². The first-order chi connectivity index (χ1) is 17.1. The van der Waals surface area contributed by atoms with Crippen LogP contribution < -0.4 is 4.90 Å². The van der Waals surface area contributed by atoms with E-state index in [0.717, 1.165) is 35.5 Å². The molecule has 1 aliphatic heterocycles. The molecule has 1 saturated heterocycles. The third-order valence-corrected chi connectivity index (χ3v) is 6.94. The molecule has 2 amide bonds. The van der Waals surface area contributed by atoms with Crippen molar-refractivity contribution in [3.63, 3.8) is 0 Å². The van der Waals surface area contributed by atoms with E-state index < -0.39 is 0 Å². The van der Waals surface area contributed by atoms with Gasteiger partial charge in [-0.1, -0.05) is 60.7 Å². The summed E-state index contributed by atoms with van der Waals surface area (Å²) in [7, 11) is 0. The van der Waals surface area contributed by atoms with Gasteiger partial charge in [-0.25, -0.2) is 0 Å². The van der Waals surface area contributed by atoms with E-state index in [2.05, 4.69) is 15.1 Å². The van der Waals surface area contributed by atoms with Gasteiger partial charge in [0.15, 0.2) is 5.82 Å². The Kier molecular flexibility index (Phi) is 6.75. The standard InChI is InChI=1S/C28H31N5O2/c1-21(22-8-4-2-5-9-22)33(28(35)24-12-13-24)20-27(34)32-18-16-31(17-19-32)26-15-14-25(29-30-26)23-10-6-3-7-11-23/h2-11,14-15,21,24H,12-13,16-20H2,1H3. The summed E-state index contributed by atoms with van der Waals surface area (Å²) in [5.74, 6) is 0.998. The molecular formula is C28H31N5O2. The molecule has 2 heterocycles. The molecule has 1 atom stereocenters. The Labute approximate surface area is 206 Å². The van der Waals surface area contributed by atoms with E-state index in [1.807, 2.05) is 84.6 Å². The van der Waals surface area contributed by atoms with Crippen molar-refractivity contribution in [2.45, 2.75) is 25.8 Å². The van der Waals surface area contributed by atoms with Crippen molar-refractivity contribution >= 4 is 17.6 Å². The smallest absolute Gasteiger partial charge is 0.242 e. The Bertz CT molecular complexity index is 1140. The van der Waals surface area contributed by atoms with E-state index in [0.29, 0.717) is 26.2 Å². The molecule has 2 aliphatic rings. The van der Waals surface area contributed by atoms with E-state index in [-0.39, 0.29) is 30.3 Å². The number of hydrogen-bond donors (Lipinski definition) is 0. The highest BCUT2D eigenvalue weighted by Crippen LogP contribution is 2.34. The molecule has 2 aromatic carbocycles. The maximum absolute atomic E-state index is 13.2. The number of amides is 2. The summed E-state index contributed by atoms with van der Waals surface area (Å²) in [4.78, 5) is 32.1. The van der Waals surface area contributed by atoms with E-state index >= 15 is 0 Å². The summed E-state index contributed by atoms with van der Waals surface area (Å²) >= 11 is 0. The number of carbonyl (C=O) groups excluding carboxylic acids is 2. The molecule has 3 aromatic rings. The van der Waals surface area contributed by atoms with Gasteiger partial charge >= 0.3 is 0 Å². The van der Waals surface area contributed by atoms with Crippen molar-refractivity contribution in [1.29, 1.82) is 0 Å². The van der Waals surface area contributed by atoms with Gasteiger partial charge in [-0.05, 0) is 37.5 Å². The summed E-state index contributed by atoms with van der Waals surface area (Å²) in [5.41, 5.74) is 2.93. The van der Waals surface area contributed by atoms with Crippen LogP contribution >= 0.6 is 0 Å². The molecule has 35 heavy (non-hydrogen) atoms. The van der Waals surface area contributed by atoms with Crippen LogP contribution in [0.15, 0.2) is 72.8 Å². The SMILES string of the molecule is CC(c1ccccc1)N(CC(=O)N1CCN(c2ccc(-c3ccccc3)nn2)CC1)C(=O)C1CC1. The van der Waals surface area contributed by atoms with E-state index in [1.54, 1.807) is 4.90 Å². The number of carbonyl (C=O) groups is 2. The minimum Gasteiger partial charge on any atom is -0.352 e. The molecule has 1 unspecified atom stereocenters. The Morgan fingerprint density at radius 1 is 0.886 bits per heavy atom. The molecule has 1 saturated carbocycles. The number of aromatic nitrogens is 2. The highest BCUT2D eigenvalue weighted by molar-refractivity contribution is 5.87. The van der Waals surface area contributed by atoms with Crippen LogP contribution in [0.5, 0.6) is 0 Å². The number of piperazine rings is 1. The average molecular weight is 470 g/mol. The zero-order chi connectivity index (χ0) is 24.2. The molecule has 1 aliphatic carbocycles. The zero-order valence-electron chi connectivity index (χ0n) is 20.1. The van der Waals surface area contributed by atoms with Crippen LogP contribution in [0.4, 0.5) is 5.82 Å². The molecule has 1 aromatic heterocycles. The second-order valence-electron chi connectivity index (χ2n) is 9.34. The van der Waals surface area contributed by atoms with Crippen LogP contribution in [-0.4, -0.2) is 64.5 Å².